The van der Waals surface area contributed by atoms with E-state index in [4.69, 9.17) is 17.3 Å². The molecule has 1 amide bonds. The average Bonchev–Trinajstić information content (AvgIpc) is 2.65. The Kier molecular flexibility index (Phi) is 6.29. The fourth-order valence-electron chi connectivity index (χ4n) is 3.26. The molecule has 27 heavy (non-hydrogen) atoms. The number of carbonyl (C=O) groups excluding carboxylic acids is 1. The number of benzene rings is 1. The molecule has 0 radical (unpaired) electrons. The molecule has 1 aliphatic heterocycles. The van der Waals surface area contributed by atoms with Gasteiger partial charge in [-0.3, -0.25) is 4.79 Å². The number of halogens is 1. The predicted molar refractivity (Wildman–Crippen MR) is 108 cm³/mol. The lowest BCUT2D eigenvalue weighted by molar-refractivity contribution is -0.132. The number of hydrogen-bond donors (Lipinski definition) is 2. The molecular weight excluding hydrogens is 362 g/mol. The largest absolute Gasteiger partial charge is 0.352 e. The number of rotatable bonds is 6. The van der Waals surface area contributed by atoms with Crippen molar-refractivity contribution in [2.24, 2.45) is 5.73 Å². The van der Waals surface area contributed by atoms with E-state index >= 15 is 0 Å². The lowest BCUT2D eigenvalue weighted by Crippen LogP contribution is -2.38. The number of anilines is 1. The molecule has 3 N–H and O–H groups in total. The van der Waals surface area contributed by atoms with Crippen LogP contribution in [0.25, 0.3) is 0 Å². The number of nitrogens with one attached hydrogen (secondary N) is 1. The van der Waals surface area contributed by atoms with Gasteiger partial charge >= 0.3 is 0 Å². The fourth-order valence-corrected chi connectivity index (χ4v) is 3.38. The Morgan fingerprint density at radius 1 is 1.33 bits per heavy atom. The second kappa shape index (κ2) is 8.67. The number of nitrogens with two attached hydrogens (primary N) is 1. The fraction of sp³-hybridized carbons (Fsp3) is 0.450. The molecule has 0 saturated heterocycles. The van der Waals surface area contributed by atoms with E-state index in [-0.39, 0.29) is 17.9 Å². The number of fused-ring (bicyclic) bond motifs is 1. The highest BCUT2D eigenvalue weighted by molar-refractivity contribution is 6.30. The molecule has 1 unspecified atom stereocenters. The van der Waals surface area contributed by atoms with Crippen molar-refractivity contribution in [1.82, 2.24) is 14.9 Å². The van der Waals surface area contributed by atoms with E-state index in [1.54, 1.807) is 0 Å². The molecule has 2 heterocycles. The zero-order chi connectivity index (χ0) is 19.4. The second-order valence-corrected chi connectivity index (χ2v) is 7.65. The summed E-state index contributed by atoms with van der Waals surface area (Å²) in [4.78, 5) is 23.7. The van der Waals surface area contributed by atoms with Gasteiger partial charge in [0.05, 0.1) is 12.2 Å². The molecule has 3 rings (SSSR count). The summed E-state index contributed by atoms with van der Waals surface area (Å²) in [6, 6.07) is 7.81. The van der Waals surface area contributed by atoms with Crippen molar-refractivity contribution in [1.29, 1.82) is 0 Å². The lowest BCUT2D eigenvalue weighted by Gasteiger charge is -2.29. The number of nitrogens with zero attached hydrogens (tertiary/aromatic N) is 3. The van der Waals surface area contributed by atoms with Crippen LogP contribution in [0.15, 0.2) is 30.5 Å². The first-order valence-corrected chi connectivity index (χ1v) is 9.68. The SMILES string of the molecule is CC(C)Nc1ncc2c(n1)CN(C(=O)CC(CN)c1ccc(Cl)cc1)CC2. The van der Waals surface area contributed by atoms with Crippen molar-refractivity contribution in [3.05, 3.63) is 52.3 Å². The van der Waals surface area contributed by atoms with Gasteiger partial charge in [-0.15, -0.1) is 0 Å². The van der Waals surface area contributed by atoms with Gasteiger partial charge < -0.3 is 16.0 Å². The van der Waals surface area contributed by atoms with Crippen LogP contribution in [0.2, 0.25) is 5.02 Å². The van der Waals surface area contributed by atoms with E-state index < -0.39 is 0 Å². The third-order valence-corrected chi connectivity index (χ3v) is 5.02. The van der Waals surface area contributed by atoms with Crippen LogP contribution in [0, 0.1) is 0 Å². The van der Waals surface area contributed by atoms with E-state index in [0.717, 1.165) is 23.2 Å². The summed E-state index contributed by atoms with van der Waals surface area (Å²) < 4.78 is 0. The van der Waals surface area contributed by atoms with Crippen LogP contribution in [0.5, 0.6) is 0 Å². The number of amides is 1. The molecular formula is C20H26ClN5O. The highest BCUT2D eigenvalue weighted by Gasteiger charge is 2.25. The molecule has 0 saturated carbocycles. The molecule has 0 aliphatic carbocycles. The van der Waals surface area contributed by atoms with Crippen LogP contribution in [0.3, 0.4) is 0 Å². The summed E-state index contributed by atoms with van der Waals surface area (Å²) in [7, 11) is 0. The highest BCUT2D eigenvalue weighted by atomic mass is 35.5. The minimum Gasteiger partial charge on any atom is -0.352 e. The summed E-state index contributed by atoms with van der Waals surface area (Å²) in [5.74, 6) is 0.696. The summed E-state index contributed by atoms with van der Waals surface area (Å²) in [5, 5.41) is 3.89. The Balaban J connectivity index is 1.68. The zero-order valence-electron chi connectivity index (χ0n) is 15.8. The van der Waals surface area contributed by atoms with Crippen LogP contribution >= 0.6 is 11.6 Å². The molecule has 0 fully saturated rings. The molecule has 1 aliphatic rings. The highest BCUT2D eigenvalue weighted by Crippen LogP contribution is 2.24. The standard InChI is InChI=1S/C20H26ClN5O/c1-13(2)24-20-23-11-15-7-8-26(12-18(15)25-20)19(27)9-16(10-22)14-3-5-17(21)6-4-14/h3-6,11,13,16H,7-10,12,22H2,1-2H3,(H,23,24,25). The van der Waals surface area contributed by atoms with Crippen molar-refractivity contribution < 1.29 is 4.79 Å². The average molecular weight is 388 g/mol. The number of hydrogen-bond acceptors (Lipinski definition) is 5. The monoisotopic (exact) mass is 387 g/mol. The summed E-state index contributed by atoms with van der Waals surface area (Å²) in [6.45, 7) is 5.71. The quantitative estimate of drug-likeness (QED) is 0.796. The van der Waals surface area contributed by atoms with E-state index in [0.29, 0.717) is 37.0 Å². The predicted octanol–water partition coefficient (Wildman–Crippen LogP) is 2.97. The van der Waals surface area contributed by atoms with Gasteiger partial charge in [0.15, 0.2) is 0 Å². The van der Waals surface area contributed by atoms with Crippen LogP contribution in [-0.4, -0.2) is 39.9 Å². The van der Waals surface area contributed by atoms with Gasteiger partial charge in [0.2, 0.25) is 11.9 Å². The van der Waals surface area contributed by atoms with Crippen molar-refractivity contribution in [2.45, 2.75) is 45.2 Å². The maximum Gasteiger partial charge on any atom is 0.223 e. The minimum absolute atomic E-state index is 0.0141. The lowest BCUT2D eigenvalue weighted by atomic mass is 9.94. The Labute approximate surface area is 165 Å². The van der Waals surface area contributed by atoms with E-state index in [1.165, 1.54) is 0 Å². The van der Waals surface area contributed by atoms with Crippen LogP contribution in [0.1, 0.15) is 43.0 Å². The van der Waals surface area contributed by atoms with Gasteiger partial charge in [-0.1, -0.05) is 23.7 Å². The molecule has 7 heteroatoms. The maximum absolute atomic E-state index is 12.9. The molecule has 1 aromatic carbocycles. The third kappa shape index (κ3) is 4.96. The van der Waals surface area contributed by atoms with Gasteiger partial charge in [-0.25, -0.2) is 9.97 Å². The summed E-state index contributed by atoms with van der Waals surface area (Å²) >= 11 is 5.96. The molecule has 1 atom stereocenters. The Hall–Kier alpha value is -2.18. The number of aromatic nitrogens is 2. The molecule has 144 valence electrons. The Morgan fingerprint density at radius 3 is 2.74 bits per heavy atom. The second-order valence-electron chi connectivity index (χ2n) is 7.22. The smallest absolute Gasteiger partial charge is 0.223 e. The van der Waals surface area contributed by atoms with Crippen molar-refractivity contribution in [2.75, 3.05) is 18.4 Å². The van der Waals surface area contributed by atoms with Gasteiger partial charge in [0.25, 0.3) is 0 Å². The molecule has 2 aromatic rings. The Bertz CT molecular complexity index is 793. The minimum atomic E-state index is -0.0141. The molecule has 0 bridgehead atoms. The van der Waals surface area contributed by atoms with E-state index in [1.807, 2.05) is 49.2 Å². The molecule has 6 nitrogen and oxygen atoms in total. The van der Waals surface area contributed by atoms with Gasteiger partial charge in [-0.05, 0) is 50.1 Å². The first-order chi connectivity index (χ1) is 13.0. The van der Waals surface area contributed by atoms with Crippen molar-refractivity contribution in [3.8, 4) is 0 Å². The first kappa shape index (κ1) is 19.6. The van der Waals surface area contributed by atoms with Crippen molar-refractivity contribution >= 4 is 23.5 Å². The topological polar surface area (TPSA) is 84.1 Å². The normalized spacial score (nSPS) is 14.8. The van der Waals surface area contributed by atoms with E-state index in [2.05, 4.69) is 15.3 Å². The van der Waals surface area contributed by atoms with Crippen molar-refractivity contribution in [3.63, 3.8) is 0 Å². The first-order valence-electron chi connectivity index (χ1n) is 9.31. The van der Waals surface area contributed by atoms with Crippen LogP contribution < -0.4 is 11.1 Å². The van der Waals surface area contributed by atoms with Gasteiger partial charge in [0.1, 0.15) is 0 Å². The summed E-state index contributed by atoms with van der Waals surface area (Å²) in [6.07, 6.45) is 3.03. The van der Waals surface area contributed by atoms with Crippen LogP contribution in [0.4, 0.5) is 5.95 Å². The summed E-state index contributed by atoms with van der Waals surface area (Å²) in [5.41, 5.74) is 9.00. The van der Waals surface area contributed by atoms with Crippen LogP contribution in [-0.2, 0) is 17.8 Å². The van der Waals surface area contributed by atoms with Gasteiger partial charge in [-0.2, -0.15) is 0 Å². The Morgan fingerprint density at radius 2 is 2.07 bits per heavy atom. The third-order valence-electron chi connectivity index (χ3n) is 4.76. The van der Waals surface area contributed by atoms with Gasteiger partial charge in [0, 0.05) is 36.1 Å². The molecule has 0 spiro atoms. The zero-order valence-corrected chi connectivity index (χ0v) is 16.5. The maximum atomic E-state index is 12.9. The molecule has 1 aromatic heterocycles. The van der Waals surface area contributed by atoms with E-state index in [9.17, 15) is 4.79 Å². The number of carbonyl (C=O) groups is 1.